The van der Waals surface area contributed by atoms with Crippen molar-refractivity contribution in [3.8, 4) is 0 Å². The van der Waals surface area contributed by atoms with E-state index in [0.717, 1.165) is 0 Å². The van der Waals surface area contributed by atoms with Crippen molar-refractivity contribution >= 4 is 23.0 Å². The van der Waals surface area contributed by atoms with E-state index in [2.05, 4.69) is 8.62 Å². The number of hydrogen-bond acceptors (Lipinski definition) is 5. The topological polar surface area (TPSA) is 130 Å². The standard InChI is InChI=1S/C8H21O8P3/c1-7(2,3)17(9,10)15-19(13,14)16-18(11,12)8(4,5)6/h1-6H3,(H,9,10)(H,11,12)(H,13,14). The van der Waals surface area contributed by atoms with E-state index in [1.165, 1.54) is 41.5 Å². The molecule has 0 rings (SSSR count). The molecule has 0 aromatic rings. The highest BCUT2D eigenvalue weighted by Gasteiger charge is 2.49. The van der Waals surface area contributed by atoms with Crippen LogP contribution in [0.15, 0.2) is 0 Å². The highest BCUT2D eigenvalue weighted by atomic mass is 31.3. The molecule has 0 aliphatic heterocycles. The molecule has 0 fully saturated rings. The lowest BCUT2D eigenvalue weighted by molar-refractivity contribution is 0.241. The molecule has 0 saturated heterocycles. The van der Waals surface area contributed by atoms with Crippen molar-refractivity contribution < 1.29 is 37.0 Å². The molecular weight excluding hydrogens is 317 g/mol. The minimum atomic E-state index is -5.15. The summed E-state index contributed by atoms with van der Waals surface area (Å²) in [6.07, 6.45) is 0. The van der Waals surface area contributed by atoms with Gasteiger partial charge >= 0.3 is 23.0 Å². The largest absolute Gasteiger partial charge is 0.486 e. The second-order valence-corrected chi connectivity index (χ2v) is 13.0. The van der Waals surface area contributed by atoms with Crippen LogP contribution in [0.2, 0.25) is 0 Å². The van der Waals surface area contributed by atoms with Crippen LogP contribution in [0.3, 0.4) is 0 Å². The van der Waals surface area contributed by atoms with Gasteiger partial charge in [-0.1, -0.05) is 0 Å². The molecule has 0 aromatic carbocycles. The monoisotopic (exact) mass is 338 g/mol. The molecule has 0 aliphatic rings. The minimum Gasteiger partial charge on any atom is -0.324 e. The SMILES string of the molecule is CC(C)(C)P(=O)(O)OP(=O)(O)OP(=O)(O)C(C)(C)C. The van der Waals surface area contributed by atoms with E-state index >= 15 is 0 Å². The zero-order chi connectivity index (χ0) is 15.9. The predicted octanol–water partition coefficient (Wildman–Crippen LogP) is 3.09. The first-order valence-electron chi connectivity index (χ1n) is 5.33. The summed E-state index contributed by atoms with van der Waals surface area (Å²) in [6.45, 7) is 7.89. The fourth-order valence-electron chi connectivity index (χ4n) is 0.540. The fraction of sp³-hybridized carbons (Fsp3) is 1.00. The molecule has 8 nitrogen and oxygen atoms in total. The van der Waals surface area contributed by atoms with E-state index < -0.39 is 33.3 Å². The van der Waals surface area contributed by atoms with Crippen LogP contribution in [0.5, 0.6) is 0 Å². The Morgan fingerprint density at radius 3 is 1.05 bits per heavy atom. The third kappa shape index (κ3) is 5.41. The van der Waals surface area contributed by atoms with E-state index in [0.29, 0.717) is 0 Å². The Morgan fingerprint density at radius 2 is 0.895 bits per heavy atom. The molecule has 116 valence electrons. The molecular formula is C8H21O8P3. The van der Waals surface area contributed by atoms with Crippen LogP contribution >= 0.6 is 23.0 Å². The van der Waals surface area contributed by atoms with Gasteiger partial charge in [-0.05, 0) is 41.5 Å². The van der Waals surface area contributed by atoms with Crippen molar-refractivity contribution in [1.29, 1.82) is 0 Å². The Kier molecular flexibility index (Phi) is 5.50. The smallest absolute Gasteiger partial charge is 0.324 e. The first-order chi connectivity index (χ1) is 7.91. The Hall–Kier alpha value is 0.490. The van der Waals surface area contributed by atoms with Gasteiger partial charge in [0.15, 0.2) is 0 Å². The summed E-state index contributed by atoms with van der Waals surface area (Å²) in [6, 6.07) is 0. The van der Waals surface area contributed by atoms with Crippen LogP contribution in [0.25, 0.3) is 0 Å². The van der Waals surface area contributed by atoms with Gasteiger partial charge in [-0.25, -0.2) is 13.2 Å². The van der Waals surface area contributed by atoms with Gasteiger partial charge in [0.2, 0.25) is 0 Å². The van der Waals surface area contributed by atoms with E-state index in [-0.39, 0.29) is 0 Å². The Balaban J connectivity index is 5.22. The number of phosphoric acid groups is 1. The van der Waals surface area contributed by atoms with Gasteiger partial charge < -0.3 is 14.7 Å². The molecule has 2 atom stereocenters. The molecule has 0 spiro atoms. The molecule has 0 saturated carbocycles. The Bertz CT molecular complexity index is 431. The van der Waals surface area contributed by atoms with Crippen LogP contribution in [-0.2, 0) is 22.3 Å². The lowest BCUT2D eigenvalue weighted by atomic mass is 10.3. The molecule has 11 heteroatoms. The summed E-state index contributed by atoms with van der Waals surface area (Å²) in [4.78, 5) is 28.4. The van der Waals surface area contributed by atoms with Crippen molar-refractivity contribution in [2.24, 2.45) is 0 Å². The van der Waals surface area contributed by atoms with Crippen molar-refractivity contribution in [2.75, 3.05) is 0 Å². The van der Waals surface area contributed by atoms with Crippen LogP contribution in [0.4, 0.5) is 0 Å². The van der Waals surface area contributed by atoms with Gasteiger partial charge in [-0.15, -0.1) is 0 Å². The molecule has 0 aromatic heterocycles. The minimum absolute atomic E-state index is 1.32. The van der Waals surface area contributed by atoms with Gasteiger partial charge in [0, 0.05) is 0 Å². The maximum Gasteiger partial charge on any atom is 0.486 e. The molecule has 3 N–H and O–H groups in total. The Labute approximate surface area is 112 Å². The average Bonchev–Trinajstić information content (AvgIpc) is 1.93. The Morgan fingerprint density at radius 1 is 0.684 bits per heavy atom. The maximum absolute atomic E-state index is 11.7. The zero-order valence-corrected chi connectivity index (χ0v) is 14.4. The molecule has 0 amide bonds. The highest BCUT2D eigenvalue weighted by molar-refractivity contribution is 7.70. The average molecular weight is 338 g/mol. The van der Waals surface area contributed by atoms with E-state index in [9.17, 15) is 28.4 Å². The first-order valence-corrected chi connectivity index (χ1v) is 9.98. The maximum atomic E-state index is 11.7. The van der Waals surface area contributed by atoms with E-state index in [1.54, 1.807) is 0 Å². The summed E-state index contributed by atoms with van der Waals surface area (Å²) in [5.41, 5.74) is 0. The molecule has 2 unspecified atom stereocenters. The molecule has 0 aliphatic carbocycles. The second kappa shape index (κ2) is 5.36. The van der Waals surface area contributed by atoms with Crippen molar-refractivity contribution in [3.63, 3.8) is 0 Å². The van der Waals surface area contributed by atoms with Crippen molar-refractivity contribution in [2.45, 2.75) is 51.9 Å². The van der Waals surface area contributed by atoms with Crippen molar-refractivity contribution in [1.82, 2.24) is 0 Å². The first kappa shape index (κ1) is 19.5. The lowest BCUT2D eigenvalue weighted by Gasteiger charge is -2.29. The van der Waals surface area contributed by atoms with Crippen molar-refractivity contribution in [3.05, 3.63) is 0 Å². The highest BCUT2D eigenvalue weighted by Crippen LogP contribution is 2.72. The summed E-state index contributed by atoms with van der Waals surface area (Å²) in [5, 5.41) is -2.67. The van der Waals surface area contributed by atoms with Crippen LogP contribution in [0.1, 0.15) is 41.5 Å². The summed E-state index contributed by atoms with van der Waals surface area (Å²) in [5.74, 6) is 0. The quantitative estimate of drug-likeness (QED) is 0.667. The fourth-order valence-corrected chi connectivity index (χ4v) is 5.12. The molecule has 0 heterocycles. The normalized spacial score (nSPS) is 23.2. The van der Waals surface area contributed by atoms with E-state index in [4.69, 9.17) is 0 Å². The van der Waals surface area contributed by atoms with Crippen LogP contribution in [0, 0.1) is 0 Å². The molecule has 0 radical (unpaired) electrons. The zero-order valence-electron chi connectivity index (χ0n) is 11.7. The summed E-state index contributed by atoms with van der Waals surface area (Å²) >= 11 is 0. The molecule has 0 bridgehead atoms. The third-order valence-electron chi connectivity index (χ3n) is 2.12. The summed E-state index contributed by atoms with van der Waals surface area (Å²) < 4.78 is 43.4. The number of rotatable bonds is 4. The summed E-state index contributed by atoms with van der Waals surface area (Å²) in [7, 11) is -14.2. The van der Waals surface area contributed by atoms with Gasteiger partial charge in [0.05, 0.1) is 10.3 Å². The second-order valence-electron chi connectivity index (χ2n) is 6.01. The van der Waals surface area contributed by atoms with Gasteiger partial charge in [-0.3, -0.25) is 9.13 Å². The van der Waals surface area contributed by atoms with Crippen LogP contribution in [-0.4, -0.2) is 25.0 Å². The third-order valence-corrected chi connectivity index (χ3v) is 8.94. The van der Waals surface area contributed by atoms with Gasteiger partial charge in [0.1, 0.15) is 0 Å². The van der Waals surface area contributed by atoms with Gasteiger partial charge in [-0.2, -0.15) is 0 Å². The lowest BCUT2D eigenvalue weighted by Crippen LogP contribution is -2.18. The predicted molar refractivity (Wildman–Crippen MR) is 71.2 cm³/mol. The van der Waals surface area contributed by atoms with Crippen LogP contribution < -0.4 is 0 Å². The molecule has 19 heavy (non-hydrogen) atoms. The van der Waals surface area contributed by atoms with E-state index in [1.807, 2.05) is 0 Å². The number of hydrogen-bond donors (Lipinski definition) is 3. The van der Waals surface area contributed by atoms with Gasteiger partial charge in [0.25, 0.3) is 0 Å².